The van der Waals surface area contributed by atoms with Gasteiger partial charge >= 0.3 is 0 Å². The second-order valence-electron chi connectivity index (χ2n) is 6.78. The van der Waals surface area contributed by atoms with Crippen LogP contribution in [0.2, 0.25) is 5.02 Å². The zero-order chi connectivity index (χ0) is 21.7. The molecule has 0 aliphatic rings. The molecule has 0 aromatic heterocycles. The predicted molar refractivity (Wildman–Crippen MR) is 116 cm³/mol. The zero-order valence-corrected chi connectivity index (χ0v) is 17.2. The van der Waals surface area contributed by atoms with Crippen molar-refractivity contribution in [3.05, 3.63) is 88.7 Å². The van der Waals surface area contributed by atoms with Crippen LogP contribution in [0.5, 0.6) is 5.75 Å². The van der Waals surface area contributed by atoms with Crippen LogP contribution in [0.1, 0.15) is 34.6 Å². The smallest absolute Gasteiger partial charge is 0.259 e. The largest absolute Gasteiger partial charge is 0.490 e. The number of benzene rings is 3. The third kappa shape index (κ3) is 5.36. The molecule has 2 N–H and O–H groups in total. The summed E-state index contributed by atoms with van der Waals surface area (Å²) in [5.41, 5.74) is 1.52. The fourth-order valence-corrected chi connectivity index (χ4v) is 2.91. The van der Waals surface area contributed by atoms with Crippen LogP contribution < -0.4 is 15.4 Å². The Balaban J connectivity index is 1.75. The van der Waals surface area contributed by atoms with Gasteiger partial charge in [-0.15, -0.1) is 0 Å². The zero-order valence-electron chi connectivity index (χ0n) is 16.4. The summed E-state index contributed by atoms with van der Waals surface area (Å²) in [5, 5.41) is 5.34. The second kappa shape index (κ2) is 9.41. The van der Waals surface area contributed by atoms with E-state index >= 15 is 0 Å². The van der Waals surface area contributed by atoms with Crippen molar-refractivity contribution in [3.8, 4) is 5.75 Å². The molecule has 0 atom stereocenters. The van der Waals surface area contributed by atoms with Gasteiger partial charge in [-0.05, 0) is 62.4 Å². The molecule has 3 aromatic carbocycles. The molecule has 0 saturated heterocycles. The van der Waals surface area contributed by atoms with E-state index in [9.17, 15) is 14.0 Å². The van der Waals surface area contributed by atoms with Crippen LogP contribution in [0.4, 0.5) is 15.8 Å². The minimum absolute atomic E-state index is 0.0778. The van der Waals surface area contributed by atoms with Gasteiger partial charge in [0.2, 0.25) is 0 Å². The quantitative estimate of drug-likeness (QED) is 0.525. The number of carbonyl (C=O) groups excluding carboxylic acids is 2. The fourth-order valence-electron chi connectivity index (χ4n) is 2.72. The van der Waals surface area contributed by atoms with Crippen LogP contribution in [0.25, 0.3) is 0 Å². The molecule has 3 rings (SSSR count). The maximum atomic E-state index is 13.3. The third-order valence-corrected chi connectivity index (χ3v) is 4.34. The lowest BCUT2D eigenvalue weighted by Gasteiger charge is -2.14. The highest BCUT2D eigenvalue weighted by Crippen LogP contribution is 2.23. The van der Waals surface area contributed by atoms with Crippen LogP contribution >= 0.6 is 11.6 Å². The topological polar surface area (TPSA) is 67.4 Å². The van der Waals surface area contributed by atoms with Gasteiger partial charge in [-0.25, -0.2) is 4.39 Å². The SMILES string of the molecule is CC(C)Oc1ccccc1C(=O)Nc1cccc(C(=O)Nc2ccc(F)c(Cl)c2)c1. The molecule has 0 spiro atoms. The van der Waals surface area contributed by atoms with E-state index in [0.717, 1.165) is 0 Å². The molecule has 2 amide bonds. The van der Waals surface area contributed by atoms with Crippen molar-refractivity contribution in [3.63, 3.8) is 0 Å². The number of anilines is 2. The summed E-state index contributed by atoms with van der Waals surface area (Å²) < 4.78 is 19.0. The van der Waals surface area contributed by atoms with Crippen molar-refractivity contribution in [2.75, 3.05) is 10.6 Å². The van der Waals surface area contributed by atoms with Crippen LogP contribution in [-0.2, 0) is 0 Å². The van der Waals surface area contributed by atoms with E-state index in [4.69, 9.17) is 16.3 Å². The fraction of sp³-hybridized carbons (Fsp3) is 0.130. The predicted octanol–water partition coefficient (Wildman–Crippen LogP) is 5.77. The molecule has 0 heterocycles. The number of rotatable bonds is 6. The maximum absolute atomic E-state index is 13.3. The molecule has 0 fully saturated rings. The molecular weight excluding hydrogens is 407 g/mol. The Bertz CT molecular complexity index is 1090. The Kier molecular flexibility index (Phi) is 6.69. The number of hydrogen-bond donors (Lipinski definition) is 2. The van der Waals surface area contributed by atoms with Crippen molar-refractivity contribution >= 4 is 34.8 Å². The summed E-state index contributed by atoms with van der Waals surface area (Å²) in [6.45, 7) is 3.76. The number of halogens is 2. The summed E-state index contributed by atoms with van der Waals surface area (Å²) in [5.74, 6) is -0.861. The van der Waals surface area contributed by atoms with E-state index in [-0.39, 0.29) is 17.0 Å². The number of carbonyl (C=O) groups is 2. The molecule has 3 aromatic rings. The van der Waals surface area contributed by atoms with Crippen LogP contribution in [0.15, 0.2) is 66.7 Å². The Morgan fingerprint density at radius 2 is 1.60 bits per heavy atom. The molecule has 0 radical (unpaired) electrons. The minimum Gasteiger partial charge on any atom is -0.490 e. The first kappa shape index (κ1) is 21.3. The highest BCUT2D eigenvalue weighted by molar-refractivity contribution is 6.31. The first-order chi connectivity index (χ1) is 14.3. The van der Waals surface area contributed by atoms with Gasteiger partial charge < -0.3 is 15.4 Å². The van der Waals surface area contributed by atoms with Gasteiger partial charge in [0.05, 0.1) is 16.7 Å². The number of hydrogen-bond acceptors (Lipinski definition) is 3. The molecular formula is C23H20ClFN2O3. The van der Waals surface area contributed by atoms with Crippen molar-refractivity contribution in [1.82, 2.24) is 0 Å². The van der Waals surface area contributed by atoms with Crippen molar-refractivity contribution in [2.24, 2.45) is 0 Å². The third-order valence-electron chi connectivity index (χ3n) is 4.05. The van der Waals surface area contributed by atoms with Crippen LogP contribution in [0, 0.1) is 5.82 Å². The highest BCUT2D eigenvalue weighted by Gasteiger charge is 2.14. The molecule has 0 unspecified atom stereocenters. The minimum atomic E-state index is -0.568. The van der Waals surface area contributed by atoms with Crippen molar-refractivity contribution in [2.45, 2.75) is 20.0 Å². The summed E-state index contributed by atoms with van der Waals surface area (Å²) in [4.78, 5) is 25.2. The van der Waals surface area contributed by atoms with Gasteiger partial charge in [0.1, 0.15) is 11.6 Å². The lowest BCUT2D eigenvalue weighted by atomic mass is 10.1. The summed E-state index contributed by atoms with van der Waals surface area (Å²) >= 11 is 5.74. The number of nitrogens with one attached hydrogen (secondary N) is 2. The van der Waals surface area contributed by atoms with Gasteiger partial charge in [0, 0.05) is 16.9 Å². The van der Waals surface area contributed by atoms with Gasteiger partial charge in [-0.3, -0.25) is 9.59 Å². The van der Waals surface area contributed by atoms with Crippen LogP contribution in [0.3, 0.4) is 0 Å². The van der Waals surface area contributed by atoms with E-state index in [2.05, 4.69) is 10.6 Å². The second-order valence-corrected chi connectivity index (χ2v) is 7.19. The average Bonchev–Trinajstić information content (AvgIpc) is 2.71. The van der Waals surface area contributed by atoms with Crippen molar-refractivity contribution < 1.29 is 18.7 Å². The highest BCUT2D eigenvalue weighted by atomic mass is 35.5. The van der Waals surface area contributed by atoms with E-state index in [0.29, 0.717) is 28.3 Å². The van der Waals surface area contributed by atoms with E-state index in [1.807, 2.05) is 13.8 Å². The van der Waals surface area contributed by atoms with E-state index in [1.165, 1.54) is 18.2 Å². The summed E-state index contributed by atoms with van der Waals surface area (Å²) in [7, 11) is 0. The average molecular weight is 427 g/mol. The number of para-hydroxylation sites is 1. The molecule has 0 bridgehead atoms. The van der Waals surface area contributed by atoms with Crippen molar-refractivity contribution in [1.29, 1.82) is 0 Å². The summed E-state index contributed by atoms with van der Waals surface area (Å²) in [6.07, 6.45) is -0.0778. The van der Waals surface area contributed by atoms with Gasteiger partial charge in [-0.1, -0.05) is 29.8 Å². The molecule has 30 heavy (non-hydrogen) atoms. The first-order valence-electron chi connectivity index (χ1n) is 9.27. The van der Waals surface area contributed by atoms with Gasteiger partial charge in [-0.2, -0.15) is 0 Å². The maximum Gasteiger partial charge on any atom is 0.259 e. The van der Waals surface area contributed by atoms with Gasteiger partial charge in [0.15, 0.2) is 0 Å². The molecule has 154 valence electrons. The van der Waals surface area contributed by atoms with Gasteiger partial charge in [0.25, 0.3) is 11.8 Å². The van der Waals surface area contributed by atoms with Crippen LogP contribution in [-0.4, -0.2) is 17.9 Å². The Morgan fingerprint density at radius 1 is 0.900 bits per heavy atom. The van der Waals surface area contributed by atoms with E-state index < -0.39 is 11.7 Å². The molecule has 0 aliphatic heterocycles. The monoisotopic (exact) mass is 426 g/mol. The first-order valence-corrected chi connectivity index (χ1v) is 9.65. The number of ether oxygens (including phenoxy) is 1. The Labute approximate surface area is 178 Å². The molecule has 0 saturated carbocycles. The number of amides is 2. The standard InChI is InChI=1S/C23H20ClFN2O3/c1-14(2)30-21-9-4-3-8-18(21)23(29)27-16-7-5-6-15(12-16)22(28)26-17-10-11-20(25)19(24)13-17/h3-14H,1-2H3,(H,26,28)(H,27,29). The summed E-state index contributed by atoms with van der Waals surface area (Å²) in [6, 6.07) is 17.3. The molecule has 7 heteroatoms. The Hall–Kier alpha value is -3.38. The lowest BCUT2D eigenvalue weighted by molar-refractivity contribution is 0.101. The normalized spacial score (nSPS) is 10.6. The van der Waals surface area contributed by atoms with E-state index in [1.54, 1.807) is 48.5 Å². The Morgan fingerprint density at radius 3 is 2.33 bits per heavy atom. The lowest BCUT2D eigenvalue weighted by Crippen LogP contribution is -2.16. The molecule has 5 nitrogen and oxygen atoms in total. The molecule has 0 aliphatic carbocycles.